The number of aromatic nitrogens is 1. The van der Waals surface area contributed by atoms with Crippen LogP contribution in [0.25, 0.3) is 0 Å². The Morgan fingerprint density at radius 3 is 2.49 bits per heavy atom. The molecule has 35 heavy (non-hydrogen) atoms. The molecule has 0 aliphatic carbocycles. The predicted octanol–water partition coefficient (Wildman–Crippen LogP) is -1.54. The Labute approximate surface area is 203 Å². The largest absolute Gasteiger partial charge is 0.478 e. The molecule has 192 valence electrons. The van der Waals surface area contributed by atoms with E-state index in [0.717, 1.165) is 11.3 Å². The van der Waals surface area contributed by atoms with E-state index in [1.54, 1.807) is 0 Å². The van der Waals surface area contributed by atoms with Gasteiger partial charge >= 0.3 is 16.3 Å². The van der Waals surface area contributed by atoms with Crippen LogP contribution in [0.5, 0.6) is 0 Å². The number of carboxylic acid groups (broad SMARTS) is 1. The number of aliphatic carboxylic acids is 1. The SMILES string of the molecule is CC(C)(O/N=C(\C(=O)C[C@@H]1C(=O)N(S(=O)(=O)O)[C@@H]1CN1CC[C@@H](N)C1=O)c1csc(N)n1)C(=O)O. The highest BCUT2D eigenvalue weighted by molar-refractivity contribution is 7.84. The molecule has 1 aromatic rings. The molecule has 2 aliphatic rings. The van der Waals surface area contributed by atoms with Gasteiger partial charge in [0.1, 0.15) is 5.69 Å². The number of hydrogen-bond acceptors (Lipinski definition) is 12. The van der Waals surface area contributed by atoms with Gasteiger partial charge in [0.2, 0.25) is 17.4 Å². The van der Waals surface area contributed by atoms with Crippen molar-refractivity contribution in [3.63, 3.8) is 0 Å². The highest BCUT2D eigenvalue weighted by Crippen LogP contribution is 2.34. The van der Waals surface area contributed by atoms with Gasteiger partial charge in [0, 0.05) is 24.9 Å². The minimum atomic E-state index is -4.96. The van der Waals surface area contributed by atoms with E-state index < -0.39 is 69.6 Å². The number of nitrogens with two attached hydrogens (primary N) is 2. The summed E-state index contributed by atoms with van der Waals surface area (Å²) in [5.41, 5.74) is 9.03. The number of likely N-dealkylation sites (tertiary alicyclic amines) is 1. The topological polar surface area (TPSA) is 236 Å². The van der Waals surface area contributed by atoms with Gasteiger partial charge in [-0.3, -0.25) is 18.9 Å². The Morgan fingerprint density at radius 1 is 1.34 bits per heavy atom. The third-order valence-electron chi connectivity index (χ3n) is 5.61. The zero-order valence-electron chi connectivity index (χ0n) is 18.7. The van der Waals surface area contributed by atoms with Crippen molar-refractivity contribution >= 4 is 56.1 Å². The molecule has 17 heteroatoms. The number of nitrogens with zero attached hydrogens (tertiary/aromatic N) is 4. The maximum Gasteiger partial charge on any atom is 0.362 e. The molecule has 0 bridgehead atoms. The maximum absolute atomic E-state index is 13.1. The first-order chi connectivity index (χ1) is 16.1. The molecule has 15 nitrogen and oxygen atoms in total. The second-order valence-electron chi connectivity index (χ2n) is 8.51. The number of ketones is 1. The van der Waals surface area contributed by atoms with Gasteiger partial charge in [-0.15, -0.1) is 11.3 Å². The van der Waals surface area contributed by atoms with Gasteiger partial charge in [-0.2, -0.15) is 8.42 Å². The molecule has 3 atom stereocenters. The van der Waals surface area contributed by atoms with Crippen LogP contribution >= 0.6 is 11.3 Å². The minimum absolute atomic E-state index is 0.0330. The number of carbonyl (C=O) groups excluding carboxylic acids is 3. The lowest BCUT2D eigenvalue weighted by atomic mass is 9.84. The molecule has 2 fully saturated rings. The monoisotopic (exact) mass is 532 g/mol. The van der Waals surface area contributed by atoms with Crippen molar-refractivity contribution in [3.8, 4) is 0 Å². The third kappa shape index (κ3) is 5.42. The molecule has 2 aliphatic heterocycles. The summed E-state index contributed by atoms with van der Waals surface area (Å²) in [6.07, 6.45) is -0.259. The van der Waals surface area contributed by atoms with Crippen LogP contribution in [0.4, 0.5) is 5.13 Å². The van der Waals surface area contributed by atoms with Crippen LogP contribution in [0.3, 0.4) is 0 Å². The molecule has 0 unspecified atom stereocenters. The summed E-state index contributed by atoms with van der Waals surface area (Å²) < 4.78 is 33.2. The van der Waals surface area contributed by atoms with E-state index in [-0.39, 0.29) is 28.2 Å². The standard InChI is InChI=1S/C18H24N6O9S2/c1-18(2,16(28)29)33-22-13(10-7-34-17(20)21-10)12(25)5-8-11(24(14(8)26)35(30,31)32)6-23-4-3-9(19)15(23)27/h7-9,11H,3-6,19H2,1-2H3,(H2,20,21)(H,28,29)(H,30,31,32)/b22-13-/t8-,9+,11+/m0/s1. The molecular formula is C18H24N6O9S2. The summed E-state index contributed by atoms with van der Waals surface area (Å²) in [4.78, 5) is 59.4. The van der Waals surface area contributed by atoms with E-state index in [4.69, 9.17) is 16.3 Å². The summed E-state index contributed by atoms with van der Waals surface area (Å²) >= 11 is 0.973. The lowest BCUT2D eigenvalue weighted by Crippen LogP contribution is -2.66. The second kappa shape index (κ2) is 9.48. The minimum Gasteiger partial charge on any atom is -0.478 e. The van der Waals surface area contributed by atoms with E-state index in [2.05, 4.69) is 10.1 Å². The van der Waals surface area contributed by atoms with Crippen LogP contribution in [-0.2, 0) is 34.3 Å². The zero-order chi connectivity index (χ0) is 26.3. The zero-order valence-corrected chi connectivity index (χ0v) is 20.3. The van der Waals surface area contributed by atoms with Gasteiger partial charge in [-0.25, -0.2) is 14.1 Å². The Kier molecular flexibility index (Phi) is 7.16. The lowest BCUT2D eigenvalue weighted by Gasteiger charge is -2.45. The van der Waals surface area contributed by atoms with Gasteiger partial charge in [-0.05, 0) is 20.3 Å². The van der Waals surface area contributed by atoms with E-state index in [9.17, 15) is 37.3 Å². The fourth-order valence-corrected chi connectivity index (χ4v) is 5.05. The number of carboxylic acids is 1. The van der Waals surface area contributed by atoms with Crippen LogP contribution in [0.1, 0.15) is 32.4 Å². The van der Waals surface area contributed by atoms with E-state index in [0.29, 0.717) is 6.42 Å². The number of carbonyl (C=O) groups is 4. The van der Waals surface area contributed by atoms with Crippen molar-refractivity contribution < 1.29 is 42.1 Å². The number of thiazole rings is 1. The fourth-order valence-electron chi connectivity index (χ4n) is 3.58. The summed E-state index contributed by atoms with van der Waals surface area (Å²) in [7, 11) is -4.96. The van der Waals surface area contributed by atoms with Crippen LogP contribution in [-0.4, -0.2) is 92.3 Å². The molecule has 3 heterocycles. The van der Waals surface area contributed by atoms with Crippen molar-refractivity contribution in [2.75, 3.05) is 18.8 Å². The predicted molar refractivity (Wildman–Crippen MR) is 120 cm³/mol. The average molecular weight is 533 g/mol. The number of oxime groups is 1. The number of Topliss-reactive ketones (excluding diaryl/α,β-unsaturated/α-hetero) is 1. The first-order valence-corrected chi connectivity index (χ1v) is 12.5. The molecule has 3 rings (SSSR count). The molecule has 2 amide bonds. The Bertz CT molecular complexity index is 1190. The molecule has 2 saturated heterocycles. The molecule has 0 saturated carbocycles. The lowest BCUT2D eigenvalue weighted by molar-refractivity contribution is -0.161. The van der Waals surface area contributed by atoms with Crippen LogP contribution < -0.4 is 11.5 Å². The van der Waals surface area contributed by atoms with E-state index in [1.165, 1.54) is 24.1 Å². The smallest absolute Gasteiger partial charge is 0.362 e. The van der Waals surface area contributed by atoms with Crippen molar-refractivity contribution in [3.05, 3.63) is 11.1 Å². The van der Waals surface area contributed by atoms with E-state index in [1.807, 2.05) is 0 Å². The van der Waals surface area contributed by atoms with Gasteiger partial charge in [0.05, 0.1) is 18.0 Å². The van der Waals surface area contributed by atoms with Gasteiger partial charge in [0.15, 0.2) is 16.6 Å². The summed E-state index contributed by atoms with van der Waals surface area (Å²) in [6, 6.07) is -2.00. The second-order valence-corrected chi connectivity index (χ2v) is 10.7. The summed E-state index contributed by atoms with van der Waals surface area (Å²) in [5.74, 6) is -4.92. The molecule has 6 N–H and O–H groups in total. The van der Waals surface area contributed by atoms with Crippen molar-refractivity contribution in [2.24, 2.45) is 16.8 Å². The average Bonchev–Trinajstić information content (AvgIpc) is 3.30. The molecule has 0 aromatic carbocycles. The number of β-lactam (4-membered cyclic amide) rings is 1. The quantitative estimate of drug-likeness (QED) is 0.116. The normalized spacial score (nSPS) is 23.4. The van der Waals surface area contributed by atoms with Crippen LogP contribution in [0.2, 0.25) is 0 Å². The highest BCUT2D eigenvalue weighted by atomic mass is 32.2. The first kappa shape index (κ1) is 26.5. The Balaban J connectivity index is 1.87. The first-order valence-electron chi connectivity index (χ1n) is 10.2. The van der Waals surface area contributed by atoms with Gasteiger partial charge < -0.3 is 26.3 Å². The third-order valence-corrected chi connectivity index (χ3v) is 7.23. The summed E-state index contributed by atoms with van der Waals surface area (Å²) in [6.45, 7) is 2.34. The van der Waals surface area contributed by atoms with Gasteiger partial charge in [0.25, 0.3) is 0 Å². The summed E-state index contributed by atoms with van der Waals surface area (Å²) in [5, 5.41) is 14.3. The van der Waals surface area contributed by atoms with Crippen LogP contribution in [0.15, 0.2) is 10.5 Å². The molecule has 1 aromatic heterocycles. The van der Waals surface area contributed by atoms with Gasteiger partial charge in [-0.1, -0.05) is 5.16 Å². The van der Waals surface area contributed by atoms with Crippen molar-refractivity contribution in [2.45, 2.75) is 44.4 Å². The maximum atomic E-state index is 13.1. The molecule has 0 spiro atoms. The van der Waals surface area contributed by atoms with Crippen molar-refractivity contribution in [1.29, 1.82) is 0 Å². The highest BCUT2D eigenvalue weighted by Gasteiger charge is 2.55. The fraction of sp³-hybridized carbons (Fsp3) is 0.556. The Morgan fingerprint density at radius 2 is 2.00 bits per heavy atom. The number of nitrogen functional groups attached to an aromatic ring is 1. The number of anilines is 1. The van der Waals surface area contributed by atoms with E-state index >= 15 is 0 Å². The number of hydrogen-bond donors (Lipinski definition) is 4. The van der Waals surface area contributed by atoms with Crippen LogP contribution in [0, 0.1) is 5.92 Å². The van der Waals surface area contributed by atoms with Crippen molar-refractivity contribution in [1.82, 2.24) is 14.2 Å². The molecular weight excluding hydrogens is 508 g/mol. The number of rotatable bonds is 10. The Hall–Kier alpha value is -3.15. The number of amides is 2. The molecule has 0 radical (unpaired) electrons.